The maximum Gasteiger partial charge on any atom is 0.326 e. The molecular formula is C18H24N2O4. The van der Waals surface area contributed by atoms with Gasteiger partial charge in [0.05, 0.1) is 7.11 Å². The molecule has 0 aliphatic rings. The van der Waals surface area contributed by atoms with E-state index in [4.69, 9.17) is 4.74 Å². The quantitative estimate of drug-likeness (QED) is 0.779. The van der Waals surface area contributed by atoms with Crippen molar-refractivity contribution in [3.63, 3.8) is 0 Å². The molecule has 0 fully saturated rings. The fourth-order valence-corrected chi connectivity index (χ4v) is 2.65. The van der Waals surface area contributed by atoms with E-state index < -0.39 is 12.0 Å². The molecule has 0 aliphatic carbocycles. The van der Waals surface area contributed by atoms with Crippen LogP contribution >= 0.6 is 0 Å². The molecule has 6 heteroatoms. The van der Waals surface area contributed by atoms with Gasteiger partial charge in [0.25, 0.3) is 0 Å². The van der Waals surface area contributed by atoms with Crippen molar-refractivity contribution in [2.45, 2.75) is 39.3 Å². The number of aromatic nitrogens is 1. The number of carbonyl (C=O) groups excluding carboxylic acids is 1. The van der Waals surface area contributed by atoms with Gasteiger partial charge >= 0.3 is 5.97 Å². The maximum atomic E-state index is 12.1. The van der Waals surface area contributed by atoms with Gasteiger partial charge in [0.1, 0.15) is 11.8 Å². The molecule has 0 radical (unpaired) electrons. The van der Waals surface area contributed by atoms with E-state index >= 15 is 0 Å². The molecule has 0 saturated carbocycles. The standard InChI is InChI=1S/C18H24N2O4/c1-4-12(2)17(18(22)23)19-16(21)8-10-20-9-7-13-11-14(24-3)5-6-15(13)20/h5-7,9,11-12,17H,4,8,10H2,1-3H3,(H,19,21)(H,22,23)/t12-,17+/m0/s1. The Kier molecular flexibility index (Phi) is 5.84. The highest BCUT2D eigenvalue weighted by Gasteiger charge is 2.25. The van der Waals surface area contributed by atoms with E-state index in [1.807, 2.05) is 48.9 Å². The summed E-state index contributed by atoms with van der Waals surface area (Å²) in [6.07, 6.45) is 2.85. The van der Waals surface area contributed by atoms with Crippen LogP contribution in [0.5, 0.6) is 5.75 Å². The minimum Gasteiger partial charge on any atom is -0.497 e. The summed E-state index contributed by atoms with van der Waals surface area (Å²) in [5.74, 6) is -0.559. The summed E-state index contributed by atoms with van der Waals surface area (Å²) in [5.41, 5.74) is 1.01. The van der Waals surface area contributed by atoms with Crippen LogP contribution in [0.4, 0.5) is 0 Å². The van der Waals surface area contributed by atoms with Gasteiger partial charge in [-0.25, -0.2) is 4.79 Å². The third kappa shape index (κ3) is 4.07. The molecule has 24 heavy (non-hydrogen) atoms. The summed E-state index contributed by atoms with van der Waals surface area (Å²) >= 11 is 0. The molecule has 0 aliphatic heterocycles. The molecule has 0 saturated heterocycles. The molecule has 1 heterocycles. The van der Waals surface area contributed by atoms with Crippen LogP contribution in [0.2, 0.25) is 0 Å². The number of amides is 1. The Labute approximate surface area is 141 Å². The second-order valence-corrected chi connectivity index (χ2v) is 5.95. The lowest BCUT2D eigenvalue weighted by Crippen LogP contribution is -2.45. The second-order valence-electron chi connectivity index (χ2n) is 5.95. The largest absolute Gasteiger partial charge is 0.497 e. The number of fused-ring (bicyclic) bond motifs is 1. The summed E-state index contributed by atoms with van der Waals surface area (Å²) in [6.45, 7) is 4.23. The number of ether oxygens (including phenoxy) is 1. The number of rotatable bonds is 8. The molecule has 2 aromatic rings. The molecule has 2 N–H and O–H groups in total. The number of carbonyl (C=O) groups is 2. The predicted molar refractivity (Wildman–Crippen MR) is 92.1 cm³/mol. The zero-order valence-electron chi connectivity index (χ0n) is 14.3. The number of nitrogens with zero attached hydrogens (tertiary/aromatic N) is 1. The summed E-state index contributed by atoms with van der Waals surface area (Å²) in [4.78, 5) is 23.4. The van der Waals surface area contributed by atoms with Crippen molar-refractivity contribution >= 4 is 22.8 Å². The highest BCUT2D eigenvalue weighted by atomic mass is 16.5. The lowest BCUT2D eigenvalue weighted by Gasteiger charge is -2.20. The molecule has 0 spiro atoms. The molecule has 1 amide bonds. The van der Waals surface area contributed by atoms with E-state index in [-0.39, 0.29) is 18.2 Å². The van der Waals surface area contributed by atoms with Gasteiger partial charge in [0.2, 0.25) is 5.91 Å². The van der Waals surface area contributed by atoms with Crippen LogP contribution in [0.25, 0.3) is 10.9 Å². The first-order chi connectivity index (χ1) is 11.5. The molecule has 0 bridgehead atoms. The zero-order chi connectivity index (χ0) is 17.7. The first kappa shape index (κ1) is 17.8. The van der Waals surface area contributed by atoms with Crippen molar-refractivity contribution in [3.05, 3.63) is 30.5 Å². The molecule has 0 unspecified atom stereocenters. The Morgan fingerprint density at radius 3 is 2.71 bits per heavy atom. The zero-order valence-corrected chi connectivity index (χ0v) is 14.3. The van der Waals surface area contributed by atoms with E-state index in [1.165, 1.54) is 0 Å². The van der Waals surface area contributed by atoms with Crippen molar-refractivity contribution < 1.29 is 19.4 Å². The molecule has 2 atom stereocenters. The summed E-state index contributed by atoms with van der Waals surface area (Å²) in [6, 6.07) is 6.89. The highest BCUT2D eigenvalue weighted by Crippen LogP contribution is 2.22. The second kappa shape index (κ2) is 7.86. The smallest absolute Gasteiger partial charge is 0.326 e. The van der Waals surface area contributed by atoms with Gasteiger partial charge in [-0.05, 0) is 30.2 Å². The lowest BCUT2D eigenvalue weighted by molar-refractivity contribution is -0.143. The van der Waals surface area contributed by atoms with Crippen LogP contribution in [0.15, 0.2) is 30.5 Å². The summed E-state index contributed by atoms with van der Waals surface area (Å²) in [7, 11) is 1.62. The Hall–Kier alpha value is -2.50. The van der Waals surface area contributed by atoms with Gasteiger partial charge in [-0.3, -0.25) is 4.79 Å². The Morgan fingerprint density at radius 2 is 2.08 bits per heavy atom. The Bertz CT molecular complexity index is 723. The monoisotopic (exact) mass is 332 g/mol. The third-order valence-electron chi connectivity index (χ3n) is 4.35. The van der Waals surface area contributed by atoms with Crippen LogP contribution < -0.4 is 10.1 Å². The van der Waals surface area contributed by atoms with Crippen LogP contribution in [-0.2, 0) is 16.1 Å². The molecule has 1 aromatic heterocycles. The Balaban J connectivity index is 2.00. The minimum absolute atomic E-state index is 0.105. The van der Waals surface area contributed by atoms with Gasteiger partial charge in [-0.15, -0.1) is 0 Å². The van der Waals surface area contributed by atoms with E-state index in [2.05, 4.69) is 5.32 Å². The first-order valence-corrected chi connectivity index (χ1v) is 8.11. The van der Waals surface area contributed by atoms with Gasteiger partial charge < -0.3 is 19.7 Å². The van der Waals surface area contributed by atoms with Gasteiger partial charge in [-0.2, -0.15) is 0 Å². The normalized spacial score (nSPS) is 13.5. The predicted octanol–water partition coefficient (Wildman–Crippen LogP) is 2.66. The van der Waals surface area contributed by atoms with E-state index in [0.717, 1.165) is 16.7 Å². The topological polar surface area (TPSA) is 80.6 Å². The SMILES string of the molecule is CC[C@H](C)[C@@H](NC(=O)CCn1ccc2cc(OC)ccc21)C(=O)O. The highest BCUT2D eigenvalue weighted by molar-refractivity contribution is 5.84. The van der Waals surface area contributed by atoms with Crippen molar-refractivity contribution in [1.29, 1.82) is 0 Å². The van der Waals surface area contributed by atoms with Crippen molar-refractivity contribution in [1.82, 2.24) is 9.88 Å². The number of carboxylic acid groups (broad SMARTS) is 1. The third-order valence-corrected chi connectivity index (χ3v) is 4.35. The molecule has 1 aromatic carbocycles. The van der Waals surface area contributed by atoms with Gasteiger partial charge in [0, 0.05) is 30.1 Å². The van der Waals surface area contributed by atoms with E-state index in [9.17, 15) is 14.7 Å². The number of benzene rings is 1. The summed E-state index contributed by atoms with van der Waals surface area (Å²) in [5, 5.41) is 12.9. The van der Waals surface area contributed by atoms with Crippen LogP contribution in [0, 0.1) is 5.92 Å². The number of carboxylic acids is 1. The fourth-order valence-electron chi connectivity index (χ4n) is 2.65. The van der Waals surface area contributed by atoms with Gasteiger partial charge in [0.15, 0.2) is 0 Å². The number of methoxy groups -OCH3 is 1. The maximum absolute atomic E-state index is 12.1. The van der Waals surface area contributed by atoms with Crippen molar-refractivity contribution in [2.75, 3.05) is 7.11 Å². The Morgan fingerprint density at radius 1 is 1.33 bits per heavy atom. The molecule has 2 rings (SSSR count). The van der Waals surface area contributed by atoms with Crippen LogP contribution in [-0.4, -0.2) is 34.7 Å². The minimum atomic E-state index is -0.990. The number of aliphatic carboxylic acids is 1. The number of aryl methyl sites for hydroxylation is 1. The first-order valence-electron chi connectivity index (χ1n) is 8.11. The van der Waals surface area contributed by atoms with E-state index in [0.29, 0.717) is 13.0 Å². The van der Waals surface area contributed by atoms with E-state index in [1.54, 1.807) is 7.11 Å². The molecule has 6 nitrogen and oxygen atoms in total. The van der Waals surface area contributed by atoms with Crippen molar-refractivity contribution in [2.24, 2.45) is 5.92 Å². The number of hydrogen-bond acceptors (Lipinski definition) is 3. The van der Waals surface area contributed by atoms with Crippen LogP contribution in [0.1, 0.15) is 26.7 Å². The fraction of sp³-hybridized carbons (Fsp3) is 0.444. The van der Waals surface area contributed by atoms with Gasteiger partial charge in [-0.1, -0.05) is 20.3 Å². The summed E-state index contributed by atoms with van der Waals surface area (Å²) < 4.78 is 7.18. The lowest BCUT2D eigenvalue weighted by atomic mass is 9.99. The molecule has 130 valence electrons. The number of nitrogens with one attached hydrogen (secondary N) is 1. The van der Waals surface area contributed by atoms with Crippen LogP contribution in [0.3, 0.4) is 0 Å². The van der Waals surface area contributed by atoms with Crippen molar-refractivity contribution in [3.8, 4) is 5.75 Å². The number of hydrogen-bond donors (Lipinski definition) is 2. The average Bonchev–Trinajstić information content (AvgIpc) is 2.98. The molecular weight excluding hydrogens is 308 g/mol. The average molecular weight is 332 g/mol.